The summed E-state index contributed by atoms with van der Waals surface area (Å²) in [6.07, 6.45) is 0. The molecule has 3 aromatic rings. The van der Waals surface area contributed by atoms with Gasteiger partial charge in [-0.25, -0.2) is 9.59 Å². The third-order valence-corrected chi connectivity index (χ3v) is 4.53. The van der Waals surface area contributed by atoms with Crippen molar-refractivity contribution >= 4 is 39.0 Å². The Balaban J connectivity index is 2.17. The van der Waals surface area contributed by atoms with E-state index in [1.807, 2.05) is 0 Å². The van der Waals surface area contributed by atoms with Crippen molar-refractivity contribution in [3.05, 3.63) is 50.7 Å². The van der Waals surface area contributed by atoms with Crippen molar-refractivity contribution in [3.63, 3.8) is 0 Å². The maximum Gasteiger partial charge on any atom is 0.352 e. The molecule has 0 bridgehead atoms. The number of fused-ring (bicyclic) bond motifs is 1. The van der Waals surface area contributed by atoms with Crippen molar-refractivity contribution in [1.82, 2.24) is 0 Å². The van der Waals surface area contributed by atoms with E-state index in [9.17, 15) is 14.7 Å². The van der Waals surface area contributed by atoms with Crippen LogP contribution in [0.2, 0.25) is 5.02 Å². The number of hydrogen-bond donors (Lipinski definition) is 1. The van der Waals surface area contributed by atoms with Crippen LogP contribution in [-0.4, -0.2) is 17.7 Å². The van der Waals surface area contributed by atoms with Crippen LogP contribution in [0.3, 0.4) is 0 Å². The third-order valence-electron chi connectivity index (χ3n) is 3.17. The van der Waals surface area contributed by atoms with Crippen LogP contribution in [0.15, 0.2) is 39.5 Å². The van der Waals surface area contributed by atoms with Gasteiger partial charge in [0, 0.05) is 10.6 Å². The van der Waals surface area contributed by atoms with Gasteiger partial charge in [-0.2, -0.15) is 0 Å². The third kappa shape index (κ3) is 2.83. The molecule has 1 aromatic carbocycles. The molecule has 118 valence electrons. The first-order valence-corrected chi connectivity index (χ1v) is 7.93. The quantitative estimate of drug-likeness (QED) is 0.721. The summed E-state index contributed by atoms with van der Waals surface area (Å²) in [5, 5.41) is 10.6. The van der Waals surface area contributed by atoms with Crippen LogP contribution in [0, 0.1) is 0 Å². The highest BCUT2D eigenvalue weighted by atomic mass is 35.5. The molecule has 0 saturated carbocycles. The molecule has 7 heteroatoms. The lowest BCUT2D eigenvalue weighted by Gasteiger charge is -2.00. The number of rotatable bonds is 3. The van der Waals surface area contributed by atoms with E-state index in [4.69, 9.17) is 20.8 Å². The number of esters is 1. The Bertz CT molecular complexity index is 939. The number of ether oxygens (including phenoxy) is 1. The molecule has 0 aliphatic heterocycles. The zero-order chi connectivity index (χ0) is 16.6. The van der Waals surface area contributed by atoms with Crippen LogP contribution in [0.1, 0.15) is 16.6 Å². The van der Waals surface area contributed by atoms with Gasteiger partial charge in [-0.05, 0) is 37.3 Å². The zero-order valence-electron chi connectivity index (χ0n) is 12.0. The molecule has 0 aliphatic rings. The molecule has 0 atom stereocenters. The Morgan fingerprint density at radius 3 is 2.70 bits per heavy atom. The van der Waals surface area contributed by atoms with Gasteiger partial charge in [-0.3, -0.25) is 0 Å². The first-order chi connectivity index (χ1) is 11.0. The summed E-state index contributed by atoms with van der Waals surface area (Å²) in [6, 6.07) is 8.39. The topological polar surface area (TPSA) is 76.7 Å². The predicted octanol–water partition coefficient (Wildman–Crippen LogP) is 4.06. The number of halogens is 1. The van der Waals surface area contributed by atoms with Gasteiger partial charge < -0.3 is 14.3 Å². The van der Waals surface area contributed by atoms with Gasteiger partial charge >= 0.3 is 11.6 Å². The number of thiophene rings is 1. The lowest BCUT2D eigenvalue weighted by molar-refractivity contribution is 0.0529. The van der Waals surface area contributed by atoms with Gasteiger partial charge in [-0.15, -0.1) is 11.3 Å². The average molecular weight is 351 g/mol. The van der Waals surface area contributed by atoms with E-state index < -0.39 is 17.3 Å². The smallest absolute Gasteiger partial charge is 0.352 e. The van der Waals surface area contributed by atoms with E-state index in [1.165, 1.54) is 0 Å². The first kappa shape index (κ1) is 15.6. The van der Waals surface area contributed by atoms with E-state index in [1.54, 1.807) is 37.3 Å². The van der Waals surface area contributed by atoms with Crippen LogP contribution in [0.25, 0.3) is 21.4 Å². The van der Waals surface area contributed by atoms with Crippen molar-refractivity contribution in [2.45, 2.75) is 6.92 Å². The first-order valence-electron chi connectivity index (χ1n) is 6.74. The highest BCUT2D eigenvalue weighted by Crippen LogP contribution is 2.37. The van der Waals surface area contributed by atoms with Gasteiger partial charge in [-0.1, -0.05) is 11.6 Å². The van der Waals surface area contributed by atoms with E-state index in [2.05, 4.69) is 0 Å². The molecule has 0 amide bonds. The van der Waals surface area contributed by atoms with Crippen LogP contribution >= 0.6 is 22.9 Å². The Kier molecular flexibility index (Phi) is 4.11. The molecule has 0 saturated heterocycles. The predicted molar refractivity (Wildman–Crippen MR) is 88.4 cm³/mol. The van der Waals surface area contributed by atoms with E-state index in [0.29, 0.717) is 21.0 Å². The normalized spacial score (nSPS) is 10.9. The Hall–Kier alpha value is -2.31. The molecular weight excluding hydrogens is 340 g/mol. The summed E-state index contributed by atoms with van der Waals surface area (Å²) < 4.78 is 10.6. The number of aromatic hydroxyl groups is 1. The van der Waals surface area contributed by atoms with E-state index in [0.717, 1.165) is 11.3 Å². The number of benzene rings is 1. The highest BCUT2D eigenvalue weighted by Gasteiger charge is 2.22. The number of hydrogen-bond acceptors (Lipinski definition) is 6. The minimum atomic E-state index is -0.711. The molecule has 0 spiro atoms. The molecule has 2 aromatic heterocycles. The maximum atomic E-state index is 12.2. The van der Waals surface area contributed by atoms with Gasteiger partial charge in [0.05, 0.1) is 11.3 Å². The van der Waals surface area contributed by atoms with E-state index in [-0.39, 0.29) is 16.9 Å². The Morgan fingerprint density at radius 1 is 1.35 bits per heavy atom. The Labute approximate surface area is 139 Å². The van der Waals surface area contributed by atoms with Crippen molar-refractivity contribution in [1.29, 1.82) is 0 Å². The van der Waals surface area contributed by atoms with Crippen molar-refractivity contribution in [2.75, 3.05) is 6.61 Å². The summed E-state index contributed by atoms with van der Waals surface area (Å²) in [5.41, 5.74) is -0.0456. The van der Waals surface area contributed by atoms with Crippen LogP contribution < -0.4 is 5.63 Å². The molecule has 0 aliphatic carbocycles. The summed E-state index contributed by atoms with van der Waals surface area (Å²) in [6.45, 7) is 1.84. The minimum absolute atomic E-state index is 0.0117. The lowest BCUT2D eigenvalue weighted by Crippen LogP contribution is -2.03. The number of carbonyl (C=O) groups is 1. The molecular formula is C16H11ClO5S. The fraction of sp³-hybridized carbons (Fsp3) is 0.125. The zero-order valence-corrected chi connectivity index (χ0v) is 13.5. The molecule has 0 radical (unpaired) electrons. The van der Waals surface area contributed by atoms with E-state index >= 15 is 0 Å². The minimum Gasteiger partial charge on any atom is -0.505 e. The molecule has 5 nitrogen and oxygen atoms in total. The Morgan fingerprint density at radius 2 is 2.04 bits per heavy atom. The largest absolute Gasteiger partial charge is 0.505 e. The van der Waals surface area contributed by atoms with Gasteiger partial charge in [0.15, 0.2) is 10.6 Å². The average Bonchev–Trinajstić information content (AvgIpc) is 2.86. The fourth-order valence-electron chi connectivity index (χ4n) is 2.13. The molecule has 2 heterocycles. The molecule has 1 N–H and O–H groups in total. The van der Waals surface area contributed by atoms with Crippen LogP contribution in [0.5, 0.6) is 5.75 Å². The summed E-state index contributed by atoms with van der Waals surface area (Å²) in [7, 11) is 0. The summed E-state index contributed by atoms with van der Waals surface area (Å²) in [5.74, 6) is -0.741. The maximum absolute atomic E-state index is 12.2. The van der Waals surface area contributed by atoms with Crippen molar-refractivity contribution in [2.24, 2.45) is 0 Å². The summed E-state index contributed by atoms with van der Waals surface area (Å²) in [4.78, 5) is 24.0. The number of carbonyl (C=O) groups excluding carboxylic acids is 1. The van der Waals surface area contributed by atoms with Crippen molar-refractivity contribution < 1.29 is 19.1 Å². The van der Waals surface area contributed by atoms with Crippen LogP contribution in [0.4, 0.5) is 0 Å². The van der Waals surface area contributed by atoms with Gasteiger partial charge in [0.2, 0.25) is 0 Å². The molecule has 0 fully saturated rings. The lowest BCUT2D eigenvalue weighted by atomic mass is 10.1. The molecule has 0 unspecified atom stereocenters. The fourth-order valence-corrected chi connectivity index (χ4v) is 3.26. The second-order valence-corrected chi connectivity index (χ2v) is 6.13. The van der Waals surface area contributed by atoms with Crippen LogP contribution in [-0.2, 0) is 4.74 Å². The monoisotopic (exact) mass is 350 g/mol. The van der Waals surface area contributed by atoms with Gasteiger partial charge in [0.1, 0.15) is 11.1 Å². The molecule has 3 rings (SSSR count). The van der Waals surface area contributed by atoms with Crippen molar-refractivity contribution in [3.8, 4) is 17.1 Å². The highest BCUT2D eigenvalue weighted by molar-refractivity contribution is 7.21. The summed E-state index contributed by atoms with van der Waals surface area (Å²) >= 11 is 6.83. The second-order valence-electron chi connectivity index (χ2n) is 4.64. The molecule has 23 heavy (non-hydrogen) atoms. The SMILES string of the molecule is CCOC(=O)c1sc2cc(-c3ccc(Cl)cc3)oc(=O)c2c1O. The van der Waals surface area contributed by atoms with Gasteiger partial charge in [0.25, 0.3) is 0 Å². The standard InChI is InChI=1S/C16H11ClO5S/c1-2-21-16(20)14-13(18)12-11(23-14)7-10(22-15(12)19)8-3-5-9(17)6-4-8/h3-7,18H,2H2,1H3. The second kappa shape index (κ2) is 6.06.